The molecule has 0 radical (unpaired) electrons. The molecule has 154 valence electrons. The molecule has 0 aliphatic carbocycles. The Kier molecular flexibility index (Phi) is 7.23. The van der Waals surface area contributed by atoms with E-state index in [0.717, 1.165) is 0 Å². The van der Waals surface area contributed by atoms with E-state index in [1.807, 2.05) is 45.2 Å². The second-order valence-electron chi connectivity index (χ2n) is 6.07. The van der Waals surface area contributed by atoms with E-state index in [1.165, 1.54) is 49.6 Å². The zero-order valence-electron chi connectivity index (χ0n) is 15.4. The highest BCUT2D eigenvalue weighted by Gasteiger charge is 2.18. The number of amides is 2. The molecule has 3 rings (SSSR count). The summed E-state index contributed by atoms with van der Waals surface area (Å²) in [7, 11) is 1.37. The van der Waals surface area contributed by atoms with E-state index >= 15 is 0 Å². The van der Waals surface area contributed by atoms with Crippen LogP contribution in [0.1, 0.15) is 20.7 Å². The van der Waals surface area contributed by atoms with Crippen LogP contribution in [0.5, 0.6) is 5.75 Å². The van der Waals surface area contributed by atoms with Gasteiger partial charge in [0, 0.05) is 12.7 Å². The lowest BCUT2D eigenvalue weighted by molar-refractivity contribution is 0.102. The van der Waals surface area contributed by atoms with E-state index in [1.54, 1.807) is 12.1 Å². The standard InChI is InChI=1S/C21H14F2I2N2O3/c1-30-19-7-2-11(20(28)26-17-5-3-12(24)9-15(17)22)8-14(19)21(29)27-18-6-4-13(25)10-16(18)23/h2-10H,1H3,(H,26,28)(H,27,29). The van der Waals surface area contributed by atoms with Gasteiger partial charge in [-0.3, -0.25) is 9.59 Å². The Morgan fingerprint density at radius 1 is 0.800 bits per heavy atom. The Balaban J connectivity index is 1.87. The molecule has 0 saturated heterocycles. The normalized spacial score (nSPS) is 10.4. The van der Waals surface area contributed by atoms with Gasteiger partial charge in [0.25, 0.3) is 11.8 Å². The summed E-state index contributed by atoms with van der Waals surface area (Å²) < 4.78 is 34.7. The first-order chi connectivity index (χ1) is 14.3. The third-order valence-electron chi connectivity index (χ3n) is 4.06. The Morgan fingerprint density at radius 2 is 1.33 bits per heavy atom. The smallest absolute Gasteiger partial charge is 0.259 e. The van der Waals surface area contributed by atoms with Crippen LogP contribution in [0.2, 0.25) is 0 Å². The molecule has 2 amide bonds. The highest BCUT2D eigenvalue weighted by atomic mass is 127. The number of benzene rings is 3. The molecule has 0 bridgehead atoms. The molecule has 5 nitrogen and oxygen atoms in total. The lowest BCUT2D eigenvalue weighted by atomic mass is 10.1. The molecule has 0 aliphatic rings. The molecule has 0 spiro atoms. The SMILES string of the molecule is COc1ccc(C(=O)Nc2ccc(I)cc2F)cc1C(=O)Nc1ccc(I)cc1F. The second kappa shape index (κ2) is 9.69. The molecule has 0 aromatic heterocycles. The summed E-state index contributed by atoms with van der Waals surface area (Å²) in [6.45, 7) is 0. The fraction of sp³-hybridized carbons (Fsp3) is 0.0476. The van der Waals surface area contributed by atoms with E-state index in [4.69, 9.17) is 4.74 Å². The van der Waals surface area contributed by atoms with Crippen LogP contribution in [0.4, 0.5) is 20.2 Å². The predicted molar refractivity (Wildman–Crippen MR) is 127 cm³/mol. The molecule has 3 aromatic rings. The van der Waals surface area contributed by atoms with E-state index in [-0.39, 0.29) is 28.3 Å². The molecule has 0 unspecified atom stereocenters. The van der Waals surface area contributed by atoms with Crippen LogP contribution in [0.3, 0.4) is 0 Å². The van der Waals surface area contributed by atoms with Crippen molar-refractivity contribution in [2.75, 3.05) is 17.7 Å². The third kappa shape index (κ3) is 5.25. The van der Waals surface area contributed by atoms with Crippen LogP contribution in [-0.4, -0.2) is 18.9 Å². The number of anilines is 2. The van der Waals surface area contributed by atoms with Gasteiger partial charge in [-0.1, -0.05) is 0 Å². The Labute approximate surface area is 198 Å². The summed E-state index contributed by atoms with van der Waals surface area (Å²) in [6, 6.07) is 13.0. The molecular weight excluding hydrogens is 620 g/mol. The maximum absolute atomic E-state index is 14.1. The number of ether oxygens (including phenoxy) is 1. The van der Waals surface area contributed by atoms with Crippen molar-refractivity contribution in [2.24, 2.45) is 0 Å². The van der Waals surface area contributed by atoms with Crippen molar-refractivity contribution >= 4 is 68.4 Å². The van der Waals surface area contributed by atoms with E-state index in [9.17, 15) is 18.4 Å². The number of rotatable bonds is 5. The maximum Gasteiger partial charge on any atom is 0.259 e. The average Bonchev–Trinajstić information content (AvgIpc) is 2.71. The summed E-state index contributed by atoms with van der Waals surface area (Å²) in [5.74, 6) is -2.21. The van der Waals surface area contributed by atoms with Gasteiger partial charge in [0.2, 0.25) is 0 Å². The Morgan fingerprint density at radius 3 is 1.83 bits per heavy atom. The lowest BCUT2D eigenvalue weighted by Crippen LogP contribution is -2.17. The number of halogens is 4. The van der Waals surface area contributed by atoms with Gasteiger partial charge in [0.05, 0.1) is 24.0 Å². The van der Waals surface area contributed by atoms with Crippen LogP contribution in [-0.2, 0) is 0 Å². The summed E-state index contributed by atoms with van der Waals surface area (Å²) in [4.78, 5) is 25.3. The van der Waals surface area contributed by atoms with Crippen molar-refractivity contribution in [3.05, 3.63) is 84.5 Å². The first-order valence-electron chi connectivity index (χ1n) is 8.49. The summed E-state index contributed by atoms with van der Waals surface area (Å²) >= 11 is 3.92. The zero-order chi connectivity index (χ0) is 21.8. The molecule has 0 aliphatic heterocycles. The summed E-state index contributed by atoms with van der Waals surface area (Å²) in [6.07, 6.45) is 0. The molecule has 30 heavy (non-hydrogen) atoms. The lowest BCUT2D eigenvalue weighted by Gasteiger charge is -2.12. The van der Waals surface area contributed by atoms with Gasteiger partial charge in [-0.25, -0.2) is 8.78 Å². The van der Waals surface area contributed by atoms with Gasteiger partial charge in [0.1, 0.15) is 17.4 Å². The highest BCUT2D eigenvalue weighted by molar-refractivity contribution is 14.1. The van der Waals surface area contributed by atoms with Crippen molar-refractivity contribution in [1.29, 1.82) is 0 Å². The van der Waals surface area contributed by atoms with Gasteiger partial charge in [-0.05, 0) is 99.8 Å². The fourth-order valence-corrected chi connectivity index (χ4v) is 3.50. The van der Waals surface area contributed by atoms with Crippen LogP contribution in [0.25, 0.3) is 0 Å². The highest BCUT2D eigenvalue weighted by Crippen LogP contribution is 2.24. The monoisotopic (exact) mass is 634 g/mol. The second-order valence-corrected chi connectivity index (χ2v) is 8.56. The number of hydrogen-bond donors (Lipinski definition) is 2. The van der Waals surface area contributed by atoms with Crippen molar-refractivity contribution in [1.82, 2.24) is 0 Å². The van der Waals surface area contributed by atoms with E-state index in [2.05, 4.69) is 10.6 Å². The maximum atomic E-state index is 14.1. The number of carbonyl (C=O) groups is 2. The minimum Gasteiger partial charge on any atom is -0.496 e. The molecule has 0 saturated carbocycles. The minimum absolute atomic E-state index is 0.00159. The quantitative estimate of drug-likeness (QED) is 0.355. The Bertz CT molecular complexity index is 1140. The number of nitrogens with one attached hydrogen (secondary N) is 2. The van der Waals surface area contributed by atoms with Gasteiger partial charge in [-0.15, -0.1) is 0 Å². The van der Waals surface area contributed by atoms with Gasteiger partial charge >= 0.3 is 0 Å². The predicted octanol–water partition coefficient (Wildman–Crippen LogP) is 5.69. The van der Waals surface area contributed by atoms with Gasteiger partial charge in [0.15, 0.2) is 0 Å². The number of carbonyl (C=O) groups excluding carboxylic acids is 2. The summed E-state index contributed by atoms with van der Waals surface area (Å²) in [5.41, 5.74) is 0.162. The molecule has 3 aromatic carbocycles. The van der Waals surface area contributed by atoms with Crippen molar-refractivity contribution in [2.45, 2.75) is 0 Å². The minimum atomic E-state index is -0.651. The molecule has 0 heterocycles. The molecule has 9 heteroatoms. The fourth-order valence-electron chi connectivity index (χ4n) is 2.59. The number of methoxy groups -OCH3 is 1. The van der Waals surface area contributed by atoms with Crippen LogP contribution < -0.4 is 15.4 Å². The van der Waals surface area contributed by atoms with E-state index in [0.29, 0.717) is 7.14 Å². The van der Waals surface area contributed by atoms with Crippen LogP contribution in [0.15, 0.2) is 54.6 Å². The largest absolute Gasteiger partial charge is 0.496 e. The first-order valence-corrected chi connectivity index (χ1v) is 10.6. The van der Waals surface area contributed by atoms with Crippen molar-refractivity contribution < 1.29 is 23.1 Å². The van der Waals surface area contributed by atoms with Crippen LogP contribution in [0, 0.1) is 18.8 Å². The van der Waals surface area contributed by atoms with Crippen molar-refractivity contribution in [3.63, 3.8) is 0 Å². The summed E-state index contributed by atoms with van der Waals surface area (Å²) in [5, 5.41) is 4.94. The van der Waals surface area contributed by atoms with Gasteiger partial charge in [-0.2, -0.15) is 0 Å². The number of hydrogen-bond acceptors (Lipinski definition) is 3. The third-order valence-corrected chi connectivity index (χ3v) is 5.41. The zero-order valence-corrected chi connectivity index (χ0v) is 19.7. The topological polar surface area (TPSA) is 67.4 Å². The van der Waals surface area contributed by atoms with Crippen LogP contribution >= 0.6 is 45.2 Å². The average molecular weight is 634 g/mol. The first kappa shape index (κ1) is 22.4. The molecule has 2 N–H and O–H groups in total. The molecule has 0 atom stereocenters. The van der Waals surface area contributed by atoms with Crippen molar-refractivity contribution in [3.8, 4) is 5.75 Å². The molecule has 0 fully saturated rings. The Hall–Kier alpha value is -2.28. The molecular formula is C21H14F2I2N2O3. The van der Waals surface area contributed by atoms with E-state index < -0.39 is 23.4 Å². The van der Waals surface area contributed by atoms with Gasteiger partial charge < -0.3 is 15.4 Å².